The van der Waals surface area contributed by atoms with Crippen LogP contribution in [0.4, 0.5) is 0 Å². The first-order valence-corrected chi connectivity index (χ1v) is 9.99. The maximum Gasteiger partial charge on any atom is 0.272 e. The zero-order chi connectivity index (χ0) is 18.2. The lowest BCUT2D eigenvalue weighted by Crippen LogP contribution is -2.31. The maximum atomic E-state index is 13.2. The van der Waals surface area contributed by atoms with Crippen LogP contribution in [0.5, 0.6) is 11.5 Å². The topological polar surface area (TPSA) is 51.7 Å². The summed E-state index contributed by atoms with van der Waals surface area (Å²) in [6.45, 7) is 1.93. The quantitative estimate of drug-likeness (QED) is 0.815. The van der Waals surface area contributed by atoms with Gasteiger partial charge in [0.25, 0.3) is 5.91 Å². The Balaban J connectivity index is 1.41. The van der Waals surface area contributed by atoms with E-state index in [1.54, 1.807) is 0 Å². The second-order valence-electron chi connectivity index (χ2n) is 7.57. The SMILES string of the molecule is O=C(c1ccc2c(n1)CCCC2)N1CCCC1c1ccc2c(c1)OCCO2. The Morgan fingerprint density at radius 2 is 1.85 bits per heavy atom. The summed E-state index contributed by atoms with van der Waals surface area (Å²) in [5, 5.41) is 0. The highest BCUT2D eigenvalue weighted by molar-refractivity contribution is 5.93. The van der Waals surface area contributed by atoms with E-state index in [2.05, 4.69) is 12.1 Å². The highest BCUT2D eigenvalue weighted by Crippen LogP contribution is 2.38. The fourth-order valence-corrected chi connectivity index (χ4v) is 4.47. The number of carbonyl (C=O) groups is 1. The molecule has 3 heterocycles. The third kappa shape index (κ3) is 3.05. The number of aryl methyl sites for hydroxylation is 2. The van der Waals surface area contributed by atoms with Crippen molar-refractivity contribution >= 4 is 5.91 Å². The van der Waals surface area contributed by atoms with E-state index < -0.39 is 0 Å². The summed E-state index contributed by atoms with van der Waals surface area (Å²) in [6.07, 6.45) is 6.44. The molecule has 1 aromatic carbocycles. The molecule has 0 saturated carbocycles. The minimum Gasteiger partial charge on any atom is -0.486 e. The number of amides is 1. The molecule has 3 aliphatic rings. The van der Waals surface area contributed by atoms with Crippen LogP contribution in [0.3, 0.4) is 0 Å². The molecular weight excluding hydrogens is 340 g/mol. The van der Waals surface area contributed by atoms with Crippen molar-refractivity contribution < 1.29 is 14.3 Å². The predicted molar refractivity (Wildman–Crippen MR) is 101 cm³/mol. The molecule has 1 fully saturated rings. The first kappa shape index (κ1) is 16.6. The fraction of sp³-hybridized carbons (Fsp3) is 0.455. The smallest absolute Gasteiger partial charge is 0.272 e. The summed E-state index contributed by atoms with van der Waals surface area (Å²) in [7, 11) is 0. The summed E-state index contributed by atoms with van der Waals surface area (Å²) in [6, 6.07) is 10.1. The first-order valence-electron chi connectivity index (χ1n) is 9.99. The number of ether oxygens (including phenoxy) is 2. The number of rotatable bonds is 2. The van der Waals surface area contributed by atoms with E-state index >= 15 is 0 Å². The molecule has 1 amide bonds. The van der Waals surface area contributed by atoms with Gasteiger partial charge in [-0.1, -0.05) is 12.1 Å². The maximum absolute atomic E-state index is 13.2. The molecule has 27 heavy (non-hydrogen) atoms. The van der Waals surface area contributed by atoms with Gasteiger partial charge in [-0.05, 0) is 67.9 Å². The van der Waals surface area contributed by atoms with Gasteiger partial charge in [0, 0.05) is 12.2 Å². The summed E-state index contributed by atoms with van der Waals surface area (Å²) in [4.78, 5) is 19.9. The van der Waals surface area contributed by atoms with Crippen LogP contribution in [0.2, 0.25) is 0 Å². The van der Waals surface area contributed by atoms with Crippen molar-refractivity contribution in [1.29, 1.82) is 0 Å². The van der Waals surface area contributed by atoms with Crippen molar-refractivity contribution in [3.8, 4) is 11.5 Å². The van der Waals surface area contributed by atoms with Crippen molar-refractivity contribution in [2.24, 2.45) is 0 Å². The van der Waals surface area contributed by atoms with Crippen LogP contribution in [-0.2, 0) is 12.8 Å². The first-order chi connectivity index (χ1) is 13.3. The van der Waals surface area contributed by atoms with E-state index in [0.29, 0.717) is 18.9 Å². The lowest BCUT2D eigenvalue weighted by molar-refractivity contribution is 0.0728. The normalized spacial score (nSPS) is 21.0. The molecule has 1 aliphatic carbocycles. The molecule has 5 rings (SSSR count). The van der Waals surface area contributed by atoms with Gasteiger partial charge in [0.2, 0.25) is 0 Å². The van der Waals surface area contributed by atoms with E-state index in [1.807, 2.05) is 23.1 Å². The summed E-state index contributed by atoms with van der Waals surface area (Å²) >= 11 is 0. The van der Waals surface area contributed by atoms with Crippen molar-refractivity contribution in [3.63, 3.8) is 0 Å². The standard InChI is InChI=1S/C22H24N2O3/c25-22(18-9-7-15-4-1-2-5-17(15)23-18)24-11-3-6-19(24)16-8-10-20-21(14-16)27-13-12-26-20/h7-10,14,19H,1-6,11-13H2. The average molecular weight is 364 g/mol. The van der Waals surface area contributed by atoms with Gasteiger partial charge in [0.05, 0.1) is 6.04 Å². The Kier molecular flexibility index (Phi) is 4.23. The third-order valence-corrected chi connectivity index (χ3v) is 5.86. The summed E-state index contributed by atoms with van der Waals surface area (Å²) in [5.41, 5.74) is 4.12. The molecule has 5 heteroatoms. The Morgan fingerprint density at radius 3 is 2.78 bits per heavy atom. The van der Waals surface area contributed by atoms with Crippen LogP contribution >= 0.6 is 0 Å². The number of hydrogen-bond acceptors (Lipinski definition) is 4. The zero-order valence-corrected chi connectivity index (χ0v) is 15.4. The van der Waals surface area contributed by atoms with Gasteiger partial charge < -0.3 is 14.4 Å². The number of aromatic nitrogens is 1. The van der Waals surface area contributed by atoms with Gasteiger partial charge >= 0.3 is 0 Å². The van der Waals surface area contributed by atoms with Gasteiger partial charge in [-0.2, -0.15) is 0 Å². The predicted octanol–water partition coefficient (Wildman–Crippen LogP) is 3.71. The van der Waals surface area contributed by atoms with Crippen molar-refractivity contribution in [1.82, 2.24) is 9.88 Å². The van der Waals surface area contributed by atoms with Crippen LogP contribution < -0.4 is 9.47 Å². The molecule has 0 bridgehead atoms. The second-order valence-corrected chi connectivity index (χ2v) is 7.57. The molecule has 0 N–H and O–H groups in total. The molecule has 5 nitrogen and oxygen atoms in total. The van der Waals surface area contributed by atoms with E-state index in [1.165, 1.54) is 18.4 Å². The van der Waals surface area contributed by atoms with Crippen molar-refractivity contribution in [2.75, 3.05) is 19.8 Å². The van der Waals surface area contributed by atoms with E-state index in [0.717, 1.165) is 55.0 Å². The number of hydrogen-bond donors (Lipinski definition) is 0. The van der Waals surface area contributed by atoms with Crippen LogP contribution in [0.1, 0.15) is 59.0 Å². The Hall–Kier alpha value is -2.56. The summed E-state index contributed by atoms with van der Waals surface area (Å²) < 4.78 is 11.3. The molecule has 0 spiro atoms. The van der Waals surface area contributed by atoms with Gasteiger partial charge in [-0.3, -0.25) is 4.79 Å². The summed E-state index contributed by atoms with van der Waals surface area (Å²) in [5.74, 6) is 1.61. The molecule has 2 aromatic rings. The van der Waals surface area contributed by atoms with Crippen LogP contribution in [0, 0.1) is 0 Å². The van der Waals surface area contributed by atoms with Gasteiger partial charge in [-0.15, -0.1) is 0 Å². The molecule has 1 unspecified atom stereocenters. The fourth-order valence-electron chi connectivity index (χ4n) is 4.47. The molecular formula is C22H24N2O3. The Bertz CT molecular complexity index is 880. The number of likely N-dealkylation sites (tertiary alicyclic amines) is 1. The number of benzene rings is 1. The molecule has 140 valence electrons. The monoisotopic (exact) mass is 364 g/mol. The zero-order valence-electron chi connectivity index (χ0n) is 15.4. The minimum atomic E-state index is 0.0424. The molecule has 1 aromatic heterocycles. The molecule has 1 atom stereocenters. The van der Waals surface area contributed by atoms with Gasteiger partial charge in [-0.25, -0.2) is 4.98 Å². The average Bonchev–Trinajstić information content (AvgIpc) is 3.22. The Labute approximate surface area is 159 Å². The van der Waals surface area contributed by atoms with Gasteiger partial charge in [0.15, 0.2) is 11.5 Å². The second kappa shape index (κ2) is 6.87. The molecule has 2 aliphatic heterocycles. The highest BCUT2D eigenvalue weighted by atomic mass is 16.6. The largest absolute Gasteiger partial charge is 0.486 e. The van der Waals surface area contributed by atoms with Gasteiger partial charge in [0.1, 0.15) is 18.9 Å². The number of nitrogens with zero attached hydrogens (tertiary/aromatic N) is 2. The van der Waals surface area contributed by atoms with E-state index in [4.69, 9.17) is 14.5 Å². The molecule has 1 saturated heterocycles. The lowest BCUT2D eigenvalue weighted by atomic mass is 9.96. The Morgan fingerprint density at radius 1 is 1.00 bits per heavy atom. The number of fused-ring (bicyclic) bond motifs is 2. The van der Waals surface area contributed by atoms with Crippen molar-refractivity contribution in [2.45, 2.75) is 44.6 Å². The van der Waals surface area contributed by atoms with Crippen LogP contribution in [0.15, 0.2) is 30.3 Å². The highest BCUT2D eigenvalue weighted by Gasteiger charge is 2.32. The number of carbonyl (C=O) groups excluding carboxylic acids is 1. The lowest BCUT2D eigenvalue weighted by Gasteiger charge is -2.27. The van der Waals surface area contributed by atoms with Crippen LogP contribution in [0.25, 0.3) is 0 Å². The molecule has 0 radical (unpaired) electrons. The number of pyridine rings is 1. The van der Waals surface area contributed by atoms with E-state index in [-0.39, 0.29) is 11.9 Å². The third-order valence-electron chi connectivity index (χ3n) is 5.86. The van der Waals surface area contributed by atoms with Crippen molar-refractivity contribution in [3.05, 3.63) is 52.8 Å². The van der Waals surface area contributed by atoms with E-state index in [9.17, 15) is 4.79 Å². The van der Waals surface area contributed by atoms with Crippen LogP contribution in [-0.4, -0.2) is 35.5 Å². The minimum absolute atomic E-state index is 0.0424.